The van der Waals surface area contributed by atoms with E-state index in [0.29, 0.717) is 12.8 Å². The number of carbonyl (C=O) groups is 2. The van der Waals surface area contributed by atoms with Gasteiger partial charge < -0.3 is 16.2 Å². The maximum atomic E-state index is 12.1. The summed E-state index contributed by atoms with van der Waals surface area (Å²) in [5.74, 6) is -1.09. The number of amides is 1. The molecule has 1 aliphatic carbocycles. The van der Waals surface area contributed by atoms with Gasteiger partial charge in [0.05, 0.1) is 17.5 Å². The average molecular weight is 242 g/mol. The van der Waals surface area contributed by atoms with Crippen molar-refractivity contribution in [2.24, 2.45) is 5.73 Å². The molecule has 0 unspecified atom stereocenters. The van der Waals surface area contributed by atoms with E-state index in [1.165, 1.54) is 0 Å². The molecular formula is C12H22N2O3. The summed E-state index contributed by atoms with van der Waals surface area (Å²) in [4.78, 5) is 22.9. The number of aliphatic carboxylic acids is 1. The van der Waals surface area contributed by atoms with E-state index in [2.05, 4.69) is 5.32 Å². The zero-order valence-corrected chi connectivity index (χ0v) is 10.6. The molecule has 0 saturated heterocycles. The summed E-state index contributed by atoms with van der Waals surface area (Å²) in [6.07, 6.45) is 3.52. The Hall–Kier alpha value is -1.10. The summed E-state index contributed by atoms with van der Waals surface area (Å²) in [6.45, 7) is 3.74. The lowest BCUT2D eigenvalue weighted by molar-refractivity contribution is -0.141. The molecule has 1 fully saturated rings. The fourth-order valence-electron chi connectivity index (χ4n) is 2.18. The van der Waals surface area contributed by atoms with Gasteiger partial charge in [-0.15, -0.1) is 0 Å². The Labute approximate surface area is 102 Å². The Bertz CT molecular complexity index is 307. The Morgan fingerprint density at radius 3 is 2.18 bits per heavy atom. The minimum absolute atomic E-state index is 0.0117. The van der Waals surface area contributed by atoms with Crippen LogP contribution in [0.4, 0.5) is 0 Å². The third kappa shape index (κ3) is 2.97. The highest BCUT2D eigenvalue weighted by Gasteiger charge is 2.43. The highest BCUT2D eigenvalue weighted by molar-refractivity contribution is 5.87. The first-order valence-electron chi connectivity index (χ1n) is 6.21. The van der Waals surface area contributed by atoms with Crippen molar-refractivity contribution in [3.63, 3.8) is 0 Å². The van der Waals surface area contributed by atoms with E-state index in [0.717, 1.165) is 19.3 Å². The largest absolute Gasteiger partial charge is 0.481 e. The fourth-order valence-corrected chi connectivity index (χ4v) is 2.18. The normalized spacial score (nSPS) is 18.3. The number of rotatable bonds is 6. The molecule has 5 heteroatoms. The summed E-state index contributed by atoms with van der Waals surface area (Å²) in [5, 5.41) is 11.7. The Balaban J connectivity index is 2.68. The molecule has 0 aromatic heterocycles. The van der Waals surface area contributed by atoms with Crippen molar-refractivity contribution in [1.29, 1.82) is 0 Å². The molecule has 1 saturated carbocycles. The Morgan fingerprint density at radius 2 is 1.88 bits per heavy atom. The van der Waals surface area contributed by atoms with Crippen LogP contribution in [-0.4, -0.2) is 28.1 Å². The smallest absolute Gasteiger partial charge is 0.305 e. The lowest BCUT2D eigenvalue weighted by Crippen LogP contribution is -2.62. The van der Waals surface area contributed by atoms with Crippen molar-refractivity contribution in [3.8, 4) is 0 Å². The standard InChI is InChI=1S/C12H22N2O3/c1-3-12(13,4-2)10(17)14-11(6-5-7-11)8-9(15)16/h3-8,13H2,1-2H3,(H,14,17)(H,15,16). The lowest BCUT2D eigenvalue weighted by atomic mass is 9.73. The molecule has 0 bridgehead atoms. The minimum atomic E-state index is -0.874. The van der Waals surface area contributed by atoms with Gasteiger partial charge in [-0.25, -0.2) is 0 Å². The molecule has 0 aromatic rings. The Morgan fingerprint density at radius 1 is 1.35 bits per heavy atom. The van der Waals surface area contributed by atoms with Gasteiger partial charge in [0.2, 0.25) is 5.91 Å². The fraction of sp³-hybridized carbons (Fsp3) is 0.833. The van der Waals surface area contributed by atoms with E-state index in [9.17, 15) is 9.59 Å². The van der Waals surface area contributed by atoms with Gasteiger partial charge in [-0.05, 0) is 32.1 Å². The van der Waals surface area contributed by atoms with Crippen molar-refractivity contribution < 1.29 is 14.7 Å². The summed E-state index contributed by atoms with van der Waals surface area (Å²) in [6, 6.07) is 0. The van der Waals surface area contributed by atoms with E-state index in [1.807, 2.05) is 13.8 Å². The first-order valence-corrected chi connectivity index (χ1v) is 6.21. The minimum Gasteiger partial charge on any atom is -0.481 e. The molecule has 0 spiro atoms. The monoisotopic (exact) mass is 242 g/mol. The predicted octanol–water partition coefficient (Wildman–Crippen LogP) is 1.02. The number of carboxylic acids is 1. The van der Waals surface area contributed by atoms with Crippen LogP contribution in [0.2, 0.25) is 0 Å². The Kier molecular flexibility index (Phi) is 4.14. The van der Waals surface area contributed by atoms with E-state index in [1.54, 1.807) is 0 Å². The number of nitrogens with one attached hydrogen (secondary N) is 1. The number of hydrogen-bond donors (Lipinski definition) is 3. The molecule has 0 radical (unpaired) electrons. The van der Waals surface area contributed by atoms with Crippen LogP contribution in [0.3, 0.4) is 0 Å². The average Bonchev–Trinajstić information content (AvgIpc) is 2.24. The highest BCUT2D eigenvalue weighted by Crippen LogP contribution is 2.35. The summed E-state index contributed by atoms with van der Waals surface area (Å²) < 4.78 is 0. The van der Waals surface area contributed by atoms with Gasteiger partial charge in [0.15, 0.2) is 0 Å². The first kappa shape index (κ1) is 14.0. The molecule has 17 heavy (non-hydrogen) atoms. The van der Waals surface area contributed by atoms with E-state index in [4.69, 9.17) is 10.8 Å². The lowest BCUT2D eigenvalue weighted by Gasteiger charge is -2.43. The van der Waals surface area contributed by atoms with Crippen molar-refractivity contribution in [1.82, 2.24) is 5.32 Å². The van der Waals surface area contributed by atoms with Crippen LogP contribution < -0.4 is 11.1 Å². The van der Waals surface area contributed by atoms with Gasteiger partial charge >= 0.3 is 5.97 Å². The molecule has 0 aromatic carbocycles. The molecule has 5 nitrogen and oxygen atoms in total. The molecule has 1 amide bonds. The molecule has 0 heterocycles. The zero-order valence-electron chi connectivity index (χ0n) is 10.6. The van der Waals surface area contributed by atoms with Crippen molar-refractivity contribution in [3.05, 3.63) is 0 Å². The van der Waals surface area contributed by atoms with Gasteiger partial charge in [0.1, 0.15) is 0 Å². The SMILES string of the molecule is CCC(N)(CC)C(=O)NC1(CC(=O)O)CCC1. The van der Waals surface area contributed by atoms with Crippen LogP contribution in [0.25, 0.3) is 0 Å². The van der Waals surface area contributed by atoms with Crippen molar-refractivity contribution >= 4 is 11.9 Å². The third-order valence-electron chi connectivity index (χ3n) is 3.89. The van der Waals surface area contributed by atoms with Gasteiger partial charge in [-0.3, -0.25) is 9.59 Å². The second kappa shape index (κ2) is 5.04. The topological polar surface area (TPSA) is 92.4 Å². The van der Waals surface area contributed by atoms with E-state index < -0.39 is 17.0 Å². The maximum absolute atomic E-state index is 12.1. The quantitative estimate of drug-likeness (QED) is 0.648. The van der Waals surface area contributed by atoms with Gasteiger partial charge in [0.25, 0.3) is 0 Å². The van der Waals surface area contributed by atoms with Crippen LogP contribution in [0.15, 0.2) is 0 Å². The molecule has 1 aliphatic rings. The molecule has 0 atom stereocenters. The van der Waals surface area contributed by atoms with Crippen molar-refractivity contribution in [2.45, 2.75) is 63.5 Å². The van der Waals surface area contributed by atoms with Crippen LogP contribution >= 0.6 is 0 Å². The second-order valence-corrected chi connectivity index (χ2v) is 5.02. The van der Waals surface area contributed by atoms with Crippen LogP contribution in [0.1, 0.15) is 52.4 Å². The number of hydrogen-bond acceptors (Lipinski definition) is 3. The second-order valence-electron chi connectivity index (χ2n) is 5.02. The van der Waals surface area contributed by atoms with Crippen LogP contribution in [0, 0.1) is 0 Å². The van der Waals surface area contributed by atoms with Crippen molar-refractivity contribution in [2.75, 3.05) is 0 Å². The summed E-state index contributed by atoms with van der Waals surface area (Å²) >= 11 is 0. The zero-order chi connectivity index (χ0) is 13.1. The molecule has 4 N–H and O–H groups in total. The molecular weight excluding hydrogens is 220 g/mol. The number of carboxylic acid groups (broad SMARTS) is 1. The van der Waals surface area contributed by atoms with Gasteiger partial charge in [-0.1, -0.05) is 13.8 Å². The predicted molar refractivity (Wildman–Crippen MR) is 64.5 cm³/mol. The van der Waals surface area contributed by atoms with Crippen LogP contribution in [-0.2, 0) is 9.59 Å². The number of carbonyl (C=O) groups excluding carboxylic acids is 1. The van der Waals surface area contributed by atoms with E-state index in [-0.39, 0.29) is 12.3 Å². The first-order chi connectivity index (χ1) is 7.87. The maximum Gasteiger partial charge on any atom is 0.305 e. The summed E-state index contributed by atoms with van der Waals surface area (Å²) in [7, 11) is 0. The van der Waals surface area contributed by atoms with Crippen LogP contribution in [0.5, 0.6) is 0 Å². The number of nitrogens with two attached hydrogens (primary N) is 1. The summed E-state index contributed by atoms with van der Waals surface area (Å²) in [5.41, 5.74) is 4.57. The third-order valence-corrected chi connectivity index (χ3v) is 3.89. The van der Waals surface area contributed by atoms with Gasteiger partial charge in [-0.2, -0.15) is 0 Å². The van der Waals surface area contributed by atoms with Gasteiger partial charge in [0, 0.05) is 0 Å². The molecule has 0 aliphatic heterocycles. The van der Waals surface area contributed by atoms with E-state index >= 15 is 0 Å². The highest BCUT2D eigenvalue weighted by atomic mass is 16.4. The molecule has 98 valence electrons. The molecule has 1 rings (SSSR count).